The SMILES string of the molecule is CC12CCCCC1(C1CCCCC1)O2. The zero-order chi connectivity index (χ0) is 9.65. The van der Waals surface area contributed by atoms with Gasteiger partial charge < -0.3 is 4.74 Å². The maximum Gasteiger partial charge on any atom is 0.100 e. The molecule has 0 radical (unpaired) electrons. The highest BCUT2D eigenvalue weighted by Crippen LogP contribution is 2.63. The summed E-state index contributed by atoms with van der Waals surface area (Å²) in [6.45, 7) is 2.36. The molecule has 0 aromatic carbocycles. The van der Waals surface area contributed by atoms with Crippen molar-refractivity contribution in [1.29, 1.82) is 0 Å². The zero-order valence-corrected chi connectivity index (χ0v) is 9.35. The van der Waals surface area contributed by atoms with Gasteiger partial charge in [0, 0.05) is 0 Å². The lowest BCUT2D eigenvalue weighted by atomic mass is 9.68. The summed E-state index contributed by atoms with van der Waals surface area (Å²) in [5, 5.41) is 0. The van der Waals surface area contributed by atoms with Gasteiger partial charge in [-0.2, -0.15) is 0 Å². The van der Waals surface area contributed by atoms with Crippen LogP contribution >= 0.6 is 0 Å². The van der Waals surface area contributed by atoms with Crippen LogP contribution in [0.4, 0.5) is 0 Å². The number of epoxide rings is 1. The average molecular weight is 194 g/mol. The van der Waals surface area contributed by atoms with Crippen LogP contribution in [0, 0.1) is 5.92 Å². The maximum atomic E-state index is 6.19. The summed E-state index contributed by atoms with van der Waals surface area (Å²) in [4.78, 5) is 0. The summed E-state index contributed by atoms with van der Waals surface area (Å²) in [5.74, 6) is 0.904. The molecular formula is C13H22O. The van der Waals surface area contributed by atoms with Gasteiger partial charge in [0.25, 0.3) is 0 Å². The van der Waals surface area contributed by atoms with Crippen LogP contribution in [-0.4, -0.2) is 11.2 Å². The molecule has 2 saturated carbocycles. The van der Waals surface area contributed by atoms with Crippen molar-refractivity contribution >= 4 is 0 Å². The molecule has 1 heterocycles. The van der Waals surface area contributed by atoms with Crippen LogP contribution in [0.25, 0.3) is 0 Å². The molecule has 0 amide bonds. The van der Waals surface area contributed by atoms with E-state index in [0.717, 1.165) is 5.92 Å². The van der Waals surface area contributed by atoms with Gasteiger partial charge in [0.15, 0.2) is 0 Å². The van der Waals surface area contributed by atoms with E-state index >= 15 is 0 Å². The van der Waals surface area contributed by atoms with Crippen LogP contribution in [0.5, 0.6) is 0 Å². The molecule has 0 aromatic heterocycles. The normalized spacial score (nSPS) is 48.6. The fraction of sp³-hybridized carbons (Fsp3) is 1.00. The molecular weight excluding hydrogens is 172 g/mol. The molecule has 0 N–H and O–H groups in total. The molecule has 1 heteroatoms. The Morgan fingerprint density at radius 1 is 0.929 bits per heavy atom. The van der Waals surface area contributed by atoms with E-state index in [0.29, 0.717) is 11.2 Å². The fourth-order valence-electron chi connectivity index (χ4n) is 4.09. The van der Waals surface area contributed by atoms with E-state index in [4.69, 9.17) is 4.74 Å². The monoisotopic (exact) mass is 194 g/mol. The second-order valence-electron chi connectivity index (χ2n) is 5.76. The van der Waals surface area contributed by atoms with Gasteiger partial charge in [-0.1, -0.05) is 32.1 Å². The van der Waals surface area contributed by atoms with E-state index in [-0.39, 0.29) is 0 Å². The zero-order valence-electron chi connectivity index (χ0n) is 9.35. The van der Waals surface area contributed by atoms with Crippen LogP contribution in [0.15, 0.2) is 0 Å². The van der Waals surface area contributed by atoms with Gasteiger partial charge in [-0.3, -0.25) is 0 Å². The third kappa shape index (κ3) is 1.11. The summed E-state index contributed by atoms with van der Waals surface area (Å²) in [5.41, 5.74) is 0.652. The Kier molecular flexibility index (Phi) is 1.96. The predicted molar refractivity (Wildman–Crippen MR) is 57.3 cm³/mol. The molecule has 2 aliphatic carbocycles. The Hall–Kier alpha value is -0.0400. The van der Waals surface area contributed by atoms with Gasteiger partial charge in [-0.05, 0) is 38.5 Å². The van der Waals surface area contributed by atoms with Crippen molar-refractivity contribution in [2.45, 2.75) is 75.9 Å². The Morgan fingerprint density at radius 3 is 2.36 bits per heavy atom. The number of fused-ring (bicyclic) bond motifs is 1. The number of hydrogen-bond acceptors (Lipinski definition) is 1. The molecule has 2 atom stereocenters. The number of hydrogen-bond donors (Lipinski definition) is 0. The van der Waals surface area contributed by atoms with E-state index in [1.807, 2.05) is 0 Å². The molecule has 1 saturated heterocycles. The maximum absolute atomic E-state index is 6.19. The summed E-state index contributed by atoms with van der Waals surface area (Å²) in [6, 6.07) is 0. The van der Waals surface area contributed by atoms with E-state index in [9.17, 15) is 0 Å². The first-order chi connectivity index (χ1) is 6.77. The molecule has 0 spiro atoms. The lowest BCUT2D eigenvalue weighted by Crippen LogP contribution is -2.36. The number of ether oxygens (including phenoxy) is 1. The molecule has 3 rings (SSSR count). The first-order valence-corrected chi connectivity index (χ1v) is 6.47. The van der Waals surface area contributed by atoms with Crippen molar-refractivity contribution in [3.8, 4) is 0 Å². The highest BCUT2D eigenvalue weighted by molar-refractivity contribution is 5.18. The molecule has 0 aromatic rings. The van der Waals surface area contributed by atoms with Crippen molar-refractivity contribution < 1.29 is 4.74 Å². The Morgan fingerprint density at radius 2 is 1.64 bits per heavy atom. The summed E-state index contributed by atoms with van der Waals surface area (Å²) >= 11 is 0. The molecule has 14 heavy (non-hydrogen) atoms. The fourth-order valence-corrected chi connectivity index (χ4v) is 4.09. The lowest BCUT2D eigenvalue weighted by molar-refractivity contribution is 0.162. The summed E-state index contributed by atoms with van der Waals surface area (Å²) in [6.07, 6.45) is 12.7. The van der Waals surface area contributed by atoms with Crippen molar-refractivity contribution in [3.63, 3.8) is 0 Å². The van der Waals surface area contributed by atoms with E-state index < -0.39 is 0 Å². The van der Waals surface area contributed by atoms with Crippen LogP contribution in [0.1, 0.15) is 64.7 Å². The van der Waals surface area contributed by atoms with E-state index in [1.54, 1.807) is 0 Å². The van der Waals surface area contributed by atoms with Gasteiger partial charge in [0.2, 0.25) is 0 Å². The lowest BCUT2D eigenvalue weighted by Gasteiger charge is -2.32. The van der Waals surface area contributed by atoms with Crippen molar-refractivity contribution in [3.05, 3.63) is 0 Å². The number of rotatable bonds is 1. The minimum atomic E-state index is 0.299. The highest BCUT2D eigenvalue weighted by Gasteiger charge is 2.69. The molecule has 80 valence electrons. The molecule has 1 nitrogen and oxygen atoms in total. The Labute approximate surface area is 87.2 Å². The van der Waals surface area contributed by atoms with Crippen molar-refractivity contribution in [2.24, 2.45) is 5.92 Å². The van der Waals surface area contributed by atoms with Crippen LogP contribution in [-0.2, 0) is 4.74 Å². The summed E-state index contributed by atoms with van der Waals surface area (Å²) in [7, 11) is 0. The first-order valence-electron chi connectivity index (χ1n) is 6.47. The van der Waals surface area contributed by atoms with Gasteiger partial charge in [-0.15, -0.1) is 0 Å². The molecule has 1 aliphatic heterocycles. The quantitative estimate of drug-likeness (QED) is 0.580. The van der Waals surface area contributed by atoms with Crippen LogP contribution in [0.2, 0.25) is 0 Å². The first kappa shape index (κ1) is 9.21. The smallest absolute Gasteiger partial charge is 0.100 e. The van der Waals surface area contributed by atoms with E-state index in [1.165, 1.54) is 57.8 Å². The minimum Gasteiger partial charge on any atom is -0.363 e. The second kappa shape index (κ2) is 2.98. The Bertz CT molecular complexity index is 227. The second-order valence-corrected chi connectivity index (χ2v) is 5.76. The molecule has 3 aliphatic rings. The topological polar surface area (TPSA) is 12.5 Å². The highest BCUT2D eigenvalue weighted by atomic mass is 16.6. The third-order valence-corrected chi connectivity index (χ3v) is 4.98. The molecule has 0 bridgehead atoms. The molecule has 3 fully saturated rings. The van der Waals surface area contributed by atoms with Gasteiger partial charge >= 0.3 is 0 Å². The third-order valence-electron chi connectivity index (χ3n) is 4.98. The van der Waals surface area contributed by atoms with Gasteiger partial charge in [0.05, 0.1) is 5.60 Å². The Balaban J connectivity index is 1.76. The van der Waals surface area contributed by atoms with Crippen LogP contribution in [0.3, 0.4) is 0 Å². The van der Waals surface area contributed by atoms with Crippen molar-refractivity contribution in [1.82, 2.24) is 0 Å². The van der Waals surface area contributed by atoms with Gasteiger partial charge in [0.1, 0.15) is 5.60 Å². The van der Waals surface area contributed by atoms with Crippen LogP contribution < -0.4 is 0 Å². The minimum absolute atomic E-state index is 0.299. The summed E-state index contributed by atoms with van der Waals surface area (Å²) < 4.78 is 6.19. The largest absolute Gasteiger partial charge is 0.363 e. The average Bonchev–Trinajstić information content (AvgIpc) is 2.87. The van der Waals surface area contributed by atoms with Crippen molar-refractivity contribution in [2.75, 3.05) is 0 Å². The predicted octanol–water partition coefficient (Wildman–Crippen LogP) is 3.67. The van der Waals surface area contributed by atoms with E-state index in [2.05, 4.69) is 6.92 Å². The van der Waals surface area contributed by atoms with Gasteiger partial charge in [-0.25, -0.2) is 0 Å². The standard InChI is InChI=1S/C13H22O/c1-12-9-5-6-10-13(12,14-12)11-7-3-2-4-8-11/h11H,2-10H2,1H3. The molecule has 2 unspecified atom stereocenters.